The number of amides is 1. The highest BCUT2D eigenvalue weighted by Crippen LogP contribution is 1.80. The van der Waals surface area contributed by atoms with Crippen LogP contribution in [0.3, 0.4) is 0 Å². The zero-order valence-electron chi connectivity index (χ0n) is 15.7. The average Bonchev–Trinajstić information content (AvgIpc) is 2.51. The molecule has 0 heterocycles. The van der Waals surface area contributed by atoms with Gasteiger partial charge in [0.05, 0.1) is 0 Å². The fourth-order valence-electron chi connectivity index (χ4n) is 0.631. The average molecular weight is 312 g/mol. The van der Waals surface area contributed by atoms with Crippen molar-refractivity contribution in [3.8, 4) is 0 Å². The Kier molecular flexibility index (Phi) is 41.0. The predicted octanol–water partition coefficient (Wildman–Crippen LogP) is 5.39. The Hall–Kier alpha value is -1.64. The van der Waals surface area contributed by atoms with Gasteiger partial charge in [0, 0.05) is 6.42 Å². The molecule has 1 aromatic carbocycles. The molecular formula is C19H37NO2. The Morgan fingerprint density at radius 3 is 1.00 bits per heavy atom. The molecule has 0 radical (unpaired) electrons. The maximum absolute atomic E-state index is 9.82. The second kappa shape index (κ2) is 31.6. The molecular weight excluding hydrogens is 274 g/mol. The molecule has 0 aliphatic carbocycles. The van der Waals surface area contributed by atoms with Crippen LogP contribution in [-0.2, 0) is 9.59 Å². The molecule has 0 saturated heterocycles. The number of hydrogen-bond donors (Lipinski definition) is 1. The van der Waals surface area contributed by atoms with E-state index in [1.54, 1.807) is 0 Å². The van der Waals surface area contributed by atoms with Crippen LogP contribution >= 0.6 is 0 Å². The zero-order valence-corrected chi connectivity index (χ0v) is 15.7. The van der Waals surface area contributed by atoms with Crippen LogP contribution in [0, 0.1) is 0 Å². The molecule has 3 nitrogen and oxygen atoms in total. The molecule has 0 unspecified atom stereocenters. The molecule has 22 heavy (non-hydrogen) atoms. The minimum atomic E-state index is -0.211. The van der Waals surface area contributed by atoms with Gasteiger partial charge in [0.1, 0.15) is 5.78 Å². The number of Topliss-reactive ketones (excluding diaryl/α,β-unsaturated/α-hetero) is 1. The predicted molar refractivity (Wildman–Crippen MR) is 98.8 cm³/mol. The fraction of sp³-hybridized carbons (Fsp3) is 0.579. The third-order valence-electron chi connectivity index (χ3n) is 1.66. The summed E-state index contributed by atoms with van der Waals surface area (Å²) < 4.78 is 0. The van der Waals surface area contributed by atoms with Gasteiger partial charge >= 0.3 is 0 Å². The summed E-state index contributed by atoms with van der Waals surface area (Å²) in [6, 6.07) is 12.0. The molecule has 0 saturated carbocycles. The first-order chi connectivity index (χ1) is 10.4. The van der Waals surface area contributed by atoms with Gasteiger partial charge in [-0.2, -0.15) is 0 Å². The number of unbranched alkanes of at least 4 members (excludes halogenated alkanes) is 1. The van der Waals surface area contributed by atoms with Crippen molar-refractivity contribution < 1.29 is 9.59 Å². The SMILES string of the molecule is CC.CC(C)=O.CCCC.CCCC(N)=O.c1ccccc1. The topological polar surface area (TPSA) is 60.2 Å². The summed E-state index contributed by atoms with van der Waals surface area (Å²) in [5.74, 6) is -0.0440. The largest absolute Gasteiger partial charge is 0.370 e. The maximum Gasteiger partial charge on any atom is 0.217 e. The van der Waals surface area contributed by atoms with Crippen LogP contribution in [0.25, 0.3) is 0 Å². The monoisotopic (exact) mass is 311 g/mol. The number of hydrogen-bond acceptors (Lipinski definition) is 2. The molecule has 0 spiro atoms. The molecule has 0 atom stereocenters. The summed E-state index contributed by atoms with van der Waals surface area (Å²) in [4.78, 5) is 19.3. The van der Waals surface area contributed by atoms with Crippen LogP contribution in [0.1, 0.15) is 74.1 Å². The number of carbonyl (C=O) groups is 2. The van der Waals surface area contributed by atoms with Gasteiger partial charge in [0.15, 0.2) is 0 Å². The van der Waals surface area contributed by atoms with Crippen LogP contribution in [0.5, 0.6) is 0 Å². The number of primary amides is 1. The molecule has 2 N–H and O–H groups in total. The van der Waals surface area contributed by atoms with E-state index in [0.717, 1.165) is 6.42 Å². The first-order valence-electron chi connectivity index (χ1n) is 8.17. The smallest absolute Gasteiger partial charge is 0.217 e. The molecule has 0 bridgehead atoms. The van der Waals surface area contributed by atoms with Gasteiger partial charge in [0.2, 0.25) is 5.91 Å². The summed E-state index contributed by atoms with van der Waals surface area (Å²) in [6.45, 7) is 13.3. The highest BCUT2D eigenvalue weighted by atomic mass is 16.1. The summed E-state index contributed by atoms with van der Waals surface area (Å²) in [6.07, 6.45) is 4.01. The number of ketones is 1. The minimum absolute atomic E-state index is 0.167. The van der Waals surface area contributed by atoms with Gasteiger partial charge in [-0.25, -0.2) is 0 Å². The Morgan fingerprint density at radius 1 is 0.727 bits per heavy atom. The quantitative estimate of drug-likeness (QED) is 0.814. The molecule has 3 heteroatoms. The number of carbonyl (C=O) groups excluding carboxylic acids is 2. The lowest BCUT2D eigenvalue weighted by Crippen LogP contribution is -2.08. The lowest BCUT2D eigenvalue weighted by atomic mass is 10.3. The molecule has 1 amide bonds. The van der Waals surface area contributed by atoms with Crippen molar-refractivity contribution in [3.63, 3.8) is 0 Å². The highest BCUT2D eigenvalue weighted by Gasteiger charge is 1.84. The van der Waals surface area contributed by atoms with Gasteiger partial charge in [0.25, 0.3) is 0 Å². The van der Waals surface area contributed by atoms with Crippen molar-refractivity contribution in [2.24, 2.45) is 5.73 Å². The number of nitrogens with two attached hydrogens (primary N) is 1. The van der Waals surface area contributed by atoms with E-state index >= 15 is 0 Å². The standard InChI is InChI=1S/C6H6.C4H9NO.C4H10.C3H6O.C2H6/c1-2-4-6-5-3-1;1-2-3-4(5)6;1-3-4-2;1-3(2)4;1-2/h1-6H;2-3H2,1H3,(H2,5,6);3-4H2,1-2H3;1-2H3;1-2H3. The van der Waals surface area contributed by atoms with E-state index in [1.165, 1.54) is 26.7 Å². The van der Waals surface area contributed by atoms with Crippen LogP contribution in [0.4, 0.5) is 0 Å². The van der Waals surface area contributed by atoms with Crippen molar-refractivity contribution in [2.45, 2.75) is 74.1 Å². The van der Waals surface area contributed by atoms with E-state index in [9.17, 15) is 9.59 Å². The Balaban J connectivity index is -0.0000000964. The van der Waals surface area contributed by atoms with Crippen molar-refractivity contribution in [3.05, 3.63) is 36.4 Å². The van der Waals surface area contributed by atoms with Crippen molar-refractivity contribution in [1.82, 2.24) is 0 Å². The molecule has 0 aliphatic heterocycles. The third-order valence-corrected chi connectivity index (χ3v) is 1.66. The van der Waals surface area contributed by atoms with E-state index < -0.39 is 0 Å². The summed E-state index contributed by atoms with van der Waals surface area (Å²) >= 11 is 0. The summed E-state index contributed by atoms with van der Waals surface area (Å²) in [5.41, 5.74) is 4.76. The molecule has 1 rings (SSSR count). The summed E-state index contributed by atoms with van der Waals surface area (Å²) in [5, 5.41) is 0. The Bertz CT molecular complexity index is 265. The van der Waals surface area contributed by atoms with E-state index in [4.69, 9.17) is 5.73 Å². The van der Waals surface area contributed by atoms with Crippen LogP contribution in [0.2, 0.25) is 0 Å². The molecule has 0 fully saturated rings. The van der Waals surface area contributed by atoms with Crippen LogP contribution in [0.15, 0.2) is 36.4 Å². The Labute approximate surface area is 138 Å². The van der Waals surface area contributed by atoms with E-state index in [0.29, 0.717) is 6.42 Å². The van der Waals surface area contributed by atoms with Crippen molar-refractivity contribution in [2.75, 3.05) is 0 Å². The molecule has 1 aromatic rings. The van der Waals surface area contributed by atoms with Crippen molar-refractivity contribution >= 4 is 11.7 Å². The Morgan fingerprint density at radius 2 is 0.955 bits per heavy atom. The van der Waals surface area contributed by atoms with Gasteiger partial charge < -0.3 is 10.5 Å². The molecule has 0 aromatic heterocycles. The number of benzene rings is 1. The number of rotatable bonds is 3. The minimum Gasteiger partial charge on any atom is -0.370 e. The normalized spacial score (nSPS) is 7.23. The van der Waals surface area contributed by atoms with Crippen LogP contribution in [-0.4, -0.2) is 11.7 Å². The van der Waals surface area contributed by atoms with Crippen LogP contribution < -0.4 is 5.73 Å². The lowest BCUT2D eigenvalue weighted by Gasteiger charge is -1.81. The van der Waals surface area contributed by atoms with E-state index in [2.05, 4.69) is 13.8 Å². The van der Waals surface area contributed by atoms with Gasteiger partial charge in [-0.1, -0.05) is 83.9 Å². The van der Waals surface area contributed by atoms with Gasteiger partial charge in [-0.05, 0) is 20.3 Å². The first-order valence-corrected chi connectivity index (χ1v) is 8.17. The van der Waals surface area contributed by atoms with Crippen molar-refractivity contribution in [1.29, 1.82) is 0 Å². The maximum atomic E-state index is 9.82. The first kappa shape index (κ1) is 28.5. The highest BCUT2D eigenvalue weighted by molar-refractivity contribution is 5.73. The van der Waals surface area contributed by atoms with Gasteiger partial charge in [-0.3, -0.25) is 4.79 Å². The third kappa shape index (κ3) is 79.2. The lowest BCUT2D eigenvalue weighted by molar-refractivity contribution is -0.118. The van der Waals surface area contributed by atoms with E-state index in [1.807, 2.05) is 57.2 Å². The molecule has 130 valence electrons. The van der Waals surface area contributed by atoms with Gasteiger partial charge in [-0.15, -0.1) is 0 Å². The fourth-order valence-corrected chi connectivity index (χ4v) is 0.631. The molecule has 0 aliphatic rings. The second-order valence-corrected chi connectivity index (χ2v) is 4.28. The zero-order chi connectivity index (χ0) is 18.2. The van der Waals surface area contributed by atoms with E-state index in [-0.39, 0.29) is 11.7 Å². The summed E-state index contributed by atoms with van der Waals surface area (Å²) in [7, 11) is 0. The second-order valence-electron chi connectivity index (χ2n) is 4.28.